The van der Waals surface area contributed by atoms with Crippen molar-refractivity contribution in [2.45, 2.75) is 40.7 Å². The highest BCUT2D eigenvalue weighted by Crippen LogP contribution is 2.28. The van der Waals surface area contributed by atoms with Crippen LogP contribution in [0.15, 0.2) is 42.5 Å². The maximum atomic E-state index is 12.7. The van der Waals surface area contributed by atoms with Crippen molar-refractivity contribution in [2.24, 2.45) is 11.8 Å². The lowest BCUT2D eigenvalue weighted by atomic mass is 10.1. The predicted octanol–water partition coefficient (Wildman–Crippen LogP) is 5.08. The number of hydrogen-bond donors (Lipinski definition) is 1. The van der Waals surface area contributed by atoms with Gasteiger partial charge in [-0.15, -0.1) is 0 Å². The topological polar surface area (TPSA) is 56.8 Å². The van der Waals surface area contributed by atoms with E-state index in [2.05, 4.69) is 33.0 Å². The van der Waals surface area contributed by atoms with Gasteiger partial charge < -0.3 is 19.5 Å². The van der Waals surface area contributed by atoms with E-state index in [4.69, 9.17) is 14.2 Å². The molecule has 29 heavy (non-hydrogen) atoms. The Morgan fingerprint density at radius 3 is 2.38 bits per heavy atom. The number of rotatable bonds is 11. The van der Waals surface area contributed by atoms with Gasteiger partial charge in [0.2, 0.25) is 0 Å². The first-order chi connectivity index (χ1) is 13.9. The SMILES string of the molecule is COc1cc(CNC(=O)c2ccccc2OCC(C)C)ccc1OCCC(C)C. The molecule has 0 bridgehead atoms. The van der Waals surface area contributed by atoms with Crippen LogP contribution in [0, 0.1) is 11.8 Å². The average Bonchev–Trinajstić information content (AvgIpc) is 2.71. The van der Waals surface area contributed by atoms with Gasteiger partial charge in [0.15, 0.2) is 11.5 Å². The van der Waals surface area contributed by atoms with Crippen molar-refractivity contribution in [1.82, 2.24) is 5.32 Å². The summed E-state index contributed by atoms with van der Waals surface area (Å²) in [5, 5.41) is 2.96. The Morgan fingerprint density at radius 2 is 1.69 bits per heavy atom. The van der Waals surface area contributed by atoms with E-state index in [-0.39, 0.29) is 5.91 Å². The first-order valence-electron chi connectivity index (χ1n) is 10.2. The van der Waals surface area contributed by atoms with Crippen molar-refractivity contribution >= 4 is 5.91 Å². The van der Waals surface area contributed by atoms with Gasteiger partial charge in [0.1, 0.15) is 5.75 Å². The molecule has 0 aliphatic rings. The van der Waals surface area contributed by atoms with Crippen LogP contribution in [0.4, 0.5) is 0 Å². The summed E-state index contributed by atoms with van der Waals surface area (Å²) in [6, 6.07) is 13.0. The molecule has 0 saturated carbocycles. The fraction of sp³-hybridized carbons (Fsp3) is 0.458. The van der Waals surface area contributed by atoms with Crippen molar-refractivity contribution < 1.29 is 19.0 Å². The summed E-state index contributed by atoms with van der Waals surface area (Å²) in [7, 11) is 1.62. The second kappa shape index (κ2) is 11.3. The van der Waals surface area contributed by atoms with Gasteiger partial charge in [-0.1, -0.05) is 45.9 Å². The first kappa shape index (κ1) is 22.6. The number of benzene rings is 2. The lowest BCUT2D eigenvalue weighted by Gasteiger charge is -2.14. The van der Waals surface area contributed by atoms with Gasteiger partial charge >= 0.3 is 0 Å². The minimum atomic E-state index is -0.166. The molecular formula is C24H33NO4. The van der Waals surface area contributed by atoms with Crippen LogP contribution < -0.4 is 19.5 Å². The fourth-order valence-electron chi connectivity index (χ4n) is 2.66. The van der Waals surface area contributed by atoms with Gasteiger partial charge in [0.05, 0.1) is 25.9 Å². The fourth-order valence-corrected chi connectivity index (χ4v) is 2.66. The zero-order valence-electron chi connectivity index (χ0n) is 18.2. The number of ether oxygens (including phenoxy) is 3. The molecule has 1 amide bonds. The molecule has 2 aromatic carbocycles. The summed E-state index contributed by atoms with van der Waals surface area (Å²) in [6.07, 6.45) is 0.985. The highest BCUT2D eigenvalue weighted by Gasteiger charge is 2.13. The summed E-state index contributed by atoms with van der Waals surface area (Å²) in [4.78, 5) is 12.7. The Bertz CT molecular complexity index is 786. The van der Waals surface area contributed by atoms with Crippen LogP contribution in [0.2, 0.25) is 0 Å². The molecule has 2 rings (SSSR count). The van der Waals surface area contributed by atoms with E-state index in [0.29, 0.717) is 48.7 Å². The van der Waals surface area contributed by atoms with Gasteiger partial charge in [-0.2, -0.15) is 0 Å². The molecule has 0 atom stereocenters. The van der Waals surface area contributed by atoms with Crippen molar-refractivity contribution in [1.29, 1.82) is 0 Å². The number of hydrogen-bond acceptors (Lipinski definition) is 4. The first-order valence-corrected chi connectivity index (χ1v) is 10.2. The Labute approximate surface area is 174 Å². The molecule has 0 unspecified atom stereocenters. The van der Waals surface area contributed by atoms with E-state index >= 15 is 0 Å². The minimum Gasteiger partial charge on any atom is -0.493 e. The highest BCUT2D eigenvalue weighted by molar-refractivity contribution is 5.96. The molecule has 158 valence electrons. The molecule has 2 aromatic rings. The molecule has 0 saturated heterocycles. The molecule has 0 radical (unpaired) electrons. The Hall–Kier alpha value is -2.69. The van der Waals surface area contributed by atoms with Gasteiger partial charge in [-0.25, -0.2) is 0 Å². The summed E-state index contributed by atoms with van der Waals surface area (Å²) >= 11 is 0. The van der Waals surface area contributed by atoms with Gasteiger partial charge in [0, 0.05) is 6.54 Å². The Morgan fingerprint density at radius 1 is 0.931 bits per heavy atom. The minimum absolute atomic E-state index is 0.166. The van der Waals surface area contributed by atoms with Crippen molar-refractivity contribution in [3.05, 3.63) is 53.6 Å². The third kappa shape index (κ3) is 7.33. The van der Waals surface area contributed by atoms with E-state index in [1.807, 2.05) is 36.4 Å². The maximum Gasteiger partial charge on any atom is 0.255 e. The van der Waals surface area contributed by atoms with E-state index < -0.39 is 0 Å². The van der Waals surface area contributed by atoms with Gasteiger partial charge in [0.25, 0.3) is 5.91 Å². The number of para-hydroxylation sites is 1. The van der Waals surface area contributed by atoms with Crippen LogP contribution in [0.5, 0.6) is 17.2 Å². The zero-order chi connectivity index (χ0) is 21.2. The molecule has 0 aliphatic heterocycles. The average molecular weight is 400 g/mol. The third-order valence-electron chi connectivity index (χ3n) is 4.34. The van der Waals surface area contributed by atoms with Crippen LogP contribution >= 0.6 is 0 Å². The van der Waals surface area contributed by atoms with Crippen LogP contribution in [0.25, 0.3) is 0 Å². The molecule has 5 nitrogen and oxygen atoms in total. The molecule has 1 N–H and O–H groups in total. The quantitative estimate of drug-likeness (QED) is 0.572. The molecule has 0 aromatic heterocycles. The van der Waals surface area contributed by atoms with E-state index in [1.54, 1.807) is 13.2 Å². The van der Waals surface area contributed by atoms with Crippen LogP contribution in [-0.2, 0) is 6.54 Å². The number of methoxy groups -OCH3 is 1. The summed E-state index contributed by atoms with van der Waals surface area (Å²) < 4.78 is 17.1. The monoisotopic (exact) mass is 399 g/mol. The highest BCUT2D eigenvalue weighted by atomic mass is 16.5. The van der Waals surface area contributed by atoms with Crippen LogP contribution in [0.1, 0.15) is 50.0 Å². The second-order valence-electron chi connectivity index (χ2n) is 7.90. The summed E-state index contributed by atoms with van der Waals surface area (Å²) in [5.74, 6) is 2.80. The van der Waals surface area contributed by atoms with E-state index in [1.165, 1.54) is 0 Å². The van der Waals surface area contributed by atoms with E-state index in [9.17, 15) is 4.79 Å². The maximum absolute atomic E-state index is 12.7. The van der Waals surface area contributed by atoms with Crippen molar-refractivity contribution in [3.8, 4) is 17.2 Å². The smallest absolute Gasteiger partial charge is 0.255 e. The molecular weight excluding hydrogens is 366 g/mol. The number of amides is 1. The number of nitrogens with one attached hydrogen (secondary N) is 1. The normalized spacial score (nSPS) is 10.9. The molecule has 0 aliphatic carbocycles. The Kier molecular flexibility index (Phi) is 8.84. The largest absolute Gasteiger partial charge is 0.493 e. The Balaban J connectivity index is 2.00. The van der Waals surface area contributed by atoms with Crippen LogP contribution in [-0.4, -0.2) is 26.2 Å². The van der Waals surface area contributed by atoms with Gasteiger partial charge in [-0.05, 0) is 48.1 Å². The molecule has 0 heterocycles. The molecule has 0 spiro atoms. The van der Waals surface area contributed by atoms with E-state index in [0.717, 1.165) is 17.7 Å². The molecule has 5 heteroatoms. The lowest BCUT2D eigenvalue weighted by Crippen LogP contribution is -2.23. The number of carbonyl (C=O) groups is 1. The van der Waals surface area contributed by atoms with Crippen molar-refractivity contribution in [2.75, 3.05) is 20.3 Å². The summed E-state index contributed by atoms with van der Waals surface area (Å²) in [6.45, 7) is 10.1. The number of carbonyl (C=O) groups excluding carboxylic acids is 1. The van der Waals surface area contributed by atoms with Crippen LogP contribution in [0.3, 0.4) is 0 Å². The van der Waals surface area contributed by atoms with Crippen molar-refractivity contribution in [3.63, 3.8) is 0 Å². The second-order valence-corrected chi connectivity index (χ2v) is 7.90. The summed E-state index contributed by atoms with van der Waals surface area (Å²) in [5.41, 5.74) is 1.47. The lowest BCUT2D eigenvalue weighted by molar-refractivity contribution is 0.0946. The standard InChI is InChI=1S/C24H33NO4/c1-17(2)12-13-28-22-11-10-19(14-23(22)27-5)15-25-24(26)20-8-6-7-9-21(20)29-16-18(3)4/h6-11,14,17-18H,12-13,15-16H2,1-5H3,(H,25,26). The molecule has 0 fully saturated rings. The third-order valence-corrected chi connectivity index (χ3v) is 4.34. The zero-order valence-corrected chi connectivity index (χ0v) is 18.2. The van der Waals surface area contributed by atoms with Gasteiger partial charge in [-0.3, -0.25) is 4.79 Å². The predicted molar refractivity (Wildman–Crippen MR) is 116 cm³/mol.